The van der Waals surface area contributed by atoms with E-state index in [-0.39, 0.29) is 36.4 Å². The van der Waals surface area contributed by atoms with Gasteiger partial charge in [-0.3, -0.25) is 19.3 Å². The fourth-order valence-electron chi connectivity index (χ4n) is 4.46. The van der Waals surface area contributed by atoms with E-state index in [1.807, 2.05) is 27.7 Å². The van der Waals surface area contributed by atoms with Gasteiger partial charge in [-0.15, -0.1) is 11.8 Å². The molecule has 0 saturated carbocycles. The lowest BCUT2D eigenvalue weighted by atomic mass is 9.94. The van der Waals surface area contributed by atoms with Gasteiger partial charge in [-0.1, -0.05) is 13.8 Å². The summed E-state index contributed by atoms with van der Waals surface area (Å²) in [6.07, 6.45) is -0.281. The number of thioether (sulfide) groups is 1. The van der Waals surface area contributed by atoms with Crippen LogP contribution in [0.1, 0.15) is 34.1 Å². The molecule has 4 atom stereocenters. The summed E-state index contributed by atoms with van der Waals surface area (Å²) >= 11 is 1.44. The molecule has 0 aromatic carbocycles. The van der Waals surface area contributed by atoms with E-state index in [9.17, 15) is 19.5 Å². The molecule has 1 N–H and O–H groups in total. The number of carbonyl (C=O) groups excluding carboxylic acids is 3. The van der Waals surface area contributed by atoms with Crippen molar-refractivity contribution in [2.75, 3.05) is 26.7 Å². The van der Waals surface area contributed by atoms with Gasteiger partial charge >= 0.3 is 6.03 Å². The summed E-state index contributed by atoms with van der Waals surface area (Å²) < 4.78 is 0. The minimum Gasteiger partial charge on any atom is -0.389 e. The number of hydrogen-bond acceptors (Lipinski definition) is 8. The van der Waals surface area contributed by atoms with Crippen LogP contribution in [-0.4, -0.2) is 87.3 Å². The molecule has 0 bridgehead atoms. The number of amides is 4. The van der Waals surface area contributed by atoms with Gasteiger partial charge in [0.15, 0.2) is 0 Å². The van der Waals surface area contributed by atoms with Crippen molar-refractivity contribution in [3.63, 3.8) is 0 Å². The van der Waals surface area contributed by atoms with Crippen LogP contribution in [-0.2, 0) is 14.4 Å². The predicted octanol–water partition coefficient (Wildman–Crippen LogP) is 1.93. The van der Waals surface area contributed by atoms with Crippen molar-refractivity contribution >= 4 is 29.6 Å². The number of carbonyl (C=O) groups is 3. The third-order valence-electron chi connectivity index (χ3n) is 6.08. The van der Waals surface area contributed by atoms with Gasteiger partial charge in [0.2, 0.25) is 0 Å². The number of hydroxylamine groups is 2. The highest BCUT2D eigenvalue weighted by atomic mass is 32.2. The minimum atomic E-state index is -0.769. The van der Waals surface area contributed by atoms with Crippen molar-refractivity contribution in [3.8, 4) is 0 Å². The maximum absolute atomic E-state index is 13.5. The van der Waals surface area contributed by atoms with Crippen molar-refractivity contribution in [2.45, 2.75) is 56.9 Å². The number of azo groups is 1. The fraction of sp³-hybridized carbons (Fsp3) is 0.667. The van der Waals surface area contributed by atoms with E-state index in [0.29, 0.717) is 24.1 Å². The quantitative estimate of drug-likeness (QED) is 0.666. The van der Waals surface area contributed by atoms with Crippen LogP contribution < -0.4 is 0 Å². The number of β-amino-alcohol motifs (C(OH)–C–C–N with tert-alkyl or cyclic N) is 1. The Morgan fingerprint density at radius 1 is 1.34 bits per heavy atom. The number of rotatable bonds is 5. The number of fused-ring (bicyclic) bond motifs is 1. The van der Waals surface area contributed by atoms with E-state index in [4.69, 9.17) is 4.84 Å². The average molecular weight is 464 g/mol. The first-order valence-corrected chi connectivity index (χ1v) is 11.8. The molecule has 174 valence electrons. The van der Waals surface area contributed by atoms with Gasteiger partial charge in [-0.2, -0.15) is 10.2 Å². The summed E-state index contributed by atoms with van der Waals surface area (Å²) in [6.45, 7) is 8.38. The van der Waals surface area contributed by atoms with Gasteiger partial charge in [0.1, 0.15) is 18.1 Å². The number of imide groups is 1. The molecule has 2 saturated heterocycles. The van der Waals surface area contributed by atoms with Crippen LogP contribution in [0.4, 0.5) is 4.79 Å². The average Bonchev–Trinajstić information content (AvgIpc) is 3.42. The van der Waals surface area contributed by atoms with Crippen LogP contribution in [0.2, 0.25) is 0 Å². The maximum atomic E-state index is 13.5. The Balaban J connectivity index is 1.76. The zero-order valence-electron chi connectivity index (χ0n) is 18.9. The summed E-state index contributed by atoms with van der Waals surface area (Å²) in [4.78, 5) is 47.9. The van der Waals surface area contributed by atoms with Gasteiger partial charge in [0, 0.05) is 24.4 Å². The topological polar surface area (TPSA) is 115 Å². The van der Waals surface area contributed by atoms with Crippen molar-refractivity contribution in [3.05, 3.63) is 22.4 Å². The van der Waals surface area contributed by atoms with Crippen molar-refractivity contribution in [2.24, 2.45) is 16.1 Å². The van der Waals surface area contributed by atoms with Gasteiger partial charge < -0.3 is 10.0 Å². The lowest BCUT2D eigenvalue weighted by molar-refractivity contribution is -0.164. The number of nitrogens with zero attached hydrogens (tertiary/aromatic N) is 5. The highest BCUT2D eigenvalue weighted by Gasteiger charge is 2.52. The SMILES string of the molecule is CC1=C(C[C@@H]2S[C@@H]3C(=C2C(=O)N2C[C@H](O)CO2)C(=O)N(C)C(=O)N3CC(C)C)[C@@H](C)N=N1. The second kappa shape index (κ2) is 8.60. The number of hydrogen-bond donors (Lipinski definition) is 1. The Labute approximate surface area is 191 Å². The van der Waals surface area contributed by atoms with Gasteiger partial charge in [0.25, 0.3) is 11.8 Å². The second-order valence-electron chi connectivity index (χ2n) is 9.02. The van der Waals surface area contributed by atoms with Crippen LogP contribution in [0.15, 0.2) is 32.6 Å². The highest BCUT2D eigenvalue weighted by molar-refractivity contribution is 8.01. The fourth-order valence-corrected chi connectivity index (χ4v) is 6.09. The Hall–Kier alpha value is -2.24. The second-order valence-corrected chi connectivity index (χ2v) is 10.3. The molecule has 0 aromatic heterocycles. The molecule has 11 heteroatoms. The molecule has 0 unspecified atom stereocenters. The molecule has 0 aliphatic carbocycles. The zero-order chi connectivity index (χ0) is 23.3. The third kappa shape index (κ3) is 3.86. The molecule has 4 rings (SSSR count). The molecule has 10 nitrogen and oxygen atoms in total. The third-order valence-corrected chi connectivity index (χ3v) is 7.56. The van der Waals surface area contributed by atoms with Crippen molar-refractivity contribution in [1.82, 2.24) is 14.9 Å². The van der Waals surface area contributed by atoms with Crippen LogP contribution in [0.5, 0.6) is 0 Å². The zero-order valence-corrected chi connectivity index (χ0v) is 19.8. The lowest BCUT2D eigenvalue weighted by Crippen LogP contribution is -2.56. The first kappa shape index (κ1) is 22.9. The maximum Gasteiger partial charge on any atom is 0.327 e. The van der Waals surface area contributed by atoms with Crippen LogP contribution in [0.25, 0.3) is 0 Å². The molecule has 4 heterocycles. The molecule has 0 radical (unpaired) electrons. The predicted molar refractivity (Wildman–Crippen MR) is 117 cm³/mol. The van der Waals surface area contributed by atoms with Gasteiger partial charge in [-0.25, -0.2) is 9.86 Å². The molecular formula is C21H29N5O5S. The highest BCUT2D eigenvalue weighted by Crippen LogP contribution is 2.48. The van der Waals surface area contributed by atoms with E-state index >= 15 is 0 Å². The van der Waals surface area contributed by atoms with Gasteiger partial charge in [0.05, 0.1) is 23.9 Å². The summed E-state index contributed by atoms with van der Waals surface area (Å²) in [5.74, 6) is -0.706. The Kier molecular flexibility index (Phi) is 6.17. The van der Waals surface area contributed by atoms with E-state index in [0.717, 1.165) is 21.2 Å². The first-order valence-electron chi connectivity index (χ1n) is 10.8. The summed E-state index contributed by atoms with van der Waals surface area (Å²) in [5, 5.41) is 18.5. The lowest BCUT2D eigenvalue weighted by Gasteiger charge is -2.39. The number of aliphatic hydroxyl groups excluding tert-OH is 1. The van der Waals surface area contributed by atoms with Crippen LogP contribution in [0.3, 0.4) is 0 Å². The molecular weight excluding hydrogens is 434 g/mol. The molecule has 0 spiro atoms. The Bertz CT molecular complexity index is 945. The molecule has 4 amide bonds. The van der Waals surface area contributed by atoms with E-state index in [2.05, 4.69) is 10.2 Å². The normalized spacial score (nSPS) is 30.5. The van der Waals surface area contributed by atoms with Crippen molar-refractivity contribution in [1.29, 1.82) is 0 Å². The van der Waals surface area contributed by atoms with E-state index in [1.165, 1.54) is 18.8 Å². The largest absolute Gasteiger partial charge is 0.389 e. The van der Waals surface area contributed by atoms with Crippen LogP contribution >= 0.6 is 11.8 Å². The smallest absolute Gasteiger partial charge is 0.327 e. The van der Waals surface area contributed by atoms with Gasteiger partial charge in [-0.05, 0) is 31.8 Å². The van der Waals surface area contributed by atoms with Crippen LogP contribution in [0, 0.1) is 5.92 Å². The molecule has 4 aliphatic rings. The van der Waals surface area contributed by atoms with Crippen molar-refractivity contribution < 1.29 is 24.3 Å². The van der Waals surface area contributed by atoms with E-state index in [1.54, 1.807) is 4.90 Å². The molecule has 4 aliphatic heterocycles. The monoisotopic (exact) mass is 463 g/mol. The molecule has 0 aromatic rings. The number of aliphatic hydroxyl groups is 1. The number of urea groups is 1. The number of likely N-dealkylation sites (N-methyl/N-ethyl adjacent to an activating group) is 1. The standard InChI is InChI=1S/C21H29N5O5S/c1-10(2)7-25-20-17(18(28)24(5)21(25)30)16(19(29)26-8-13(27)9-31-26)15(32-20)6-14-11(3)22-23-12(14)4/h10-11,13,15,20,27H,6-9H2,1-5H3/t11-,13+,15+,20-/m1/s1. The minimum absolute atomic E-state index is 0.0282. The summed E-state index contributed by atoms with van der Waals surface area (Å²) in [5.41, 5.74) is 2.50. The summed E-state index contributed by atoms with van der Waals surface area (Å²) in [6, 6.07) is -0.462. The molecule has 2 fully saturated rings. The first-order chi connectivity index (χ1) is 15.1. The Morgan fingerprint density at radius 3 is 2.62 bits per heavy atom. The van der Waals surface area contributed by atoms with E-state index < -0.39 is 23.3 Å². The summed E-state index contributed by atoms with van der Waals surface area (Å²) in [7, 11) is 1.45. The number of allylic oxidation sites excluding steroid dienone is 1. The Morgan fingerprint density at radius 2 is 2.06 bits per heavy atom. The molecule has 32 heavy (non-hydrogen) atoms.